The van der Waals surface area contributed by atoms with E-state index in [1.54, 1.807) is 10.8 Å². The molecule has 1 aliphatic rings. The third-order valence-electron chi connectivity index (χ3n) is 5.83. The molecule has 0 spiro atoms. The fourth-order valence-corrected chi connectivity index (χ4v) is 4.99. The van der Waals surface area contributed by atoms with E-state index in [1.807, 2.05) is 12.1 Å². The Hall–Kier alpha value is -2.32. The number of halogens is 7. The van der Waals surface area contributed by atoms with Crippen molar-refractivity contribution in [2.75, 3.05) is 26.0 Å². The van der Waals surface area contributed by atoms with Crippen molar-refractivity contribution in [3.05, 3.63) is 62.3 Å². The predicted octanol–water partition coefficient (Wildman–Crippen LogP) is 5.96. The largest absolute Gasteiger partial charge is 0.492 e. The Bertz CT molecular complexity index is 1320. The molecule has 0 bridgehead atoms. The summed E-state index contributed by atoms with van der Waals surface area (Å²) in [7, 11) is -3.83. The number of rotatable bonds is 7. The number of carbonyl (C=O) groups is 2. The third-order valence-corrected chi connectivity index (χ3v) is 7.11. The SMILES string of the molecule is C[C@H](c1cc(Cl)cc(Cl)c1)N1CCC(COc2cc(F)c(C(=O)NS(C)(=O)=O)cc2Cl)CC1.O=C(O)C(F)(F)F. The number of hydrogen-bond donors (Lipinski definition) is 2. The quantitative estimate of drug-likeness (QED) is 0.355. The van der Waals surface area contributed by atoms with Gasteiger partial charge in [-0.05, 0) is 68.6 Å². The highest BCUT2D eigenvalue weighted by Gasteiger charge is 2.38. The molecule has 16 heteroatoms. The molecule has 40 heavy (non-hydrogen) atoms. The fourth-order valence-electron chi connectivity index (χ4n) is 3.78. The average Bonchev–Trinajstić information content (AvgIpc) is 2.82. The predicted molar refractivity (Wildman–Crippen MR) is 142 cm³/mol. The Balaban J connectivity index is 0.000000708. The van der Waals surface area contributed by atoms with Crippen molar-refractivity contribution in [1.82, 2.24) is 9.62 Å². The van der Waals surface area contributed by atoms with Crippen molar-refractivity contribution in [3.8, 4) is 5.75 Å². The summed E-state index contributed by atoms with van der Waals surface area (Å²) >= 11 is 18.4. The monoisotopic (exact) mass is 650 g/mol. The molecule has 2 aromatic carbocycles. The number of hydrogen-bond acceptors (Lipinski definition) is 6. The molecule has 3 rings (SSSR count). The minimum absolute atomic E-state index is 0.0268. The number of amides is 1. The van der Waals surface area contributed by atoms with Crippen LogP contribution in [0.3, 0.4) is 0 Å². The van der Waals surface area contributed by atoms with E-state index in [1.165, 1.54) is 0 Å². The Labute approximate surface area is 243 Å². The first-order chi connectivity index (χ1) is 18.4. The van der Waals surface area contributed by atoms with Crippen molar-refractivity contribution in [1.29, 1.82) is 0 Å². The number of benzene rings is 2. The molecule has 0 aliphatic carbocycles. The van der Waals surface area contributed by atoms with Crippen LogP contribution < -0.4 is 9.46 Å². The van der Waals surface area contributed by atoms with Crippen LogP contribution in [0, 0.1) is 11.7 Å². The first-order valence-electron chi connectivity index (χ1n) is 11.5. The number of carboxylic acids is 1. The topological polar surface area (TPSA) is 113 Å². The molecule has 2 N–H and O–H groups in total. The highest BCUT2D eigenvalue weighted by atomic mass is 35.5. The molecule has 1 fully saturated rings. The maximum atomic E-state index is 14.4. The number of piperidine rings is 1. The van der Waals surface area contributed by atoms with Crippen LogP contribution >= 0.6 is 34.8 Å². The normalized spacial score (nSPS) is 15.5. The number of carbonyl (C=O) groups excluding carboxylic acids is 1. The van der Waals surface area contributed by atoms with Crippen molar-refractivity contribution in [2.45, 2.75) is 32.0 Å². The lowest BCUT2D eigenvalue weighted by atomic mass is 9.95. The number of sulfonamides is 1. The van der Waals surface area contributed by atoms with E-state index in [9.17, 15) is 30.8 Å². The summed E-state index contributed by atoms with van der Waals surface area (Å²) in [4.78, 5) is 23.2. The smallest absolute Gasteiger partial charge is 0.490 e. The zero-order valence-corrected chi connectivity index (χ0v) is 24.2. The van der Waals surface area contributed by atoms with Gasteiger partial charge >= 0.3 is 12.1 Å². The lowest BCUT2D eigenvalue weighted by Gasteiger charge is -2.36. The van der Waals surface area contributed by atoms with Gasteiger partial charge in [-0.15, -0.1) is 0 Å². The highest BCUT2D eigenvalue weighted by Crippen LogP contribution is 2.32. The third kappa shape index (κ3) is 10.6. The Morgan fingerprint density at radius 3 is 2.10 bits per heavy atom. The van der Waals surface area contributed by atoms with Crippen molar-refractivity contribution in [2.24, 2.45) is 5.92 Å². The summed E-state index contributed by atoms with van der Waals surface area (Å²) in [5, 5.41) is 8.37. The van der Waals surface area contributed by atoms with Gasteiger partial charge in [-0.1, -0.05) is 34.8 Å². The molecular weight excluding hydrogens is 627 g/mol. The van der Waals surface area contributed by atoms with Crippen LogP contribution in [0.5, 0.6) is 5.75 Å². The molecule has 2 aromatic rings. The molecule has 0 unspecified atom stereocenters. The van der Waals surface area contributed by atoms with E-state index in [0.717, 1.165) is 49.9 Å². The molecule has 222 valence electrons. The lowest BCUT2D eigenvalue weighted by molar-refractivity contribution is -0.192. The van der Waals surface area contributed by atoms with Gasteiger partial charge in [0.05, 0.1) is 23.4 Å². The standard InChI is InChI=1S/C22H24Cl3FN2O4S.C2HF3O2/c1-13(15-7-16(23)9-17(24)8-15)28-5-3-14(4-6-28)12-32-21-11-20(26)18(10-19(21)25)22(29)27-33(2,30)31;3-2(4,5)1(6)7/h7-11,13-14H,3-6,12H2,1-2H3,(H,27,29);(H,6,7)/t13-;/m1./s1. The number of ether oxygens (including phenoxy) is 1. The molecule has 1 heterocycles. The van der Waals surface area contributed by atoms with Crippen LogP contribution in [0.2, 0.25) is 15.1 Å². The van der Waals surface area contributed by atoms with Crippen LogP contribution in [-0.4, -0.2) is 62.4 Å². The molecule has 0 radical (unpaired) electrons. The molecular formula is C24H25Cl3F4N2O6S. The fraction of sp³-hybridized carbons (Fsp3) is 0.417. The van der Waals surface area contributed by atoms with Gasteiger partial charge in [0, 0.05) is 22.2 Å². The Morgan fingerprint density at radius 1 is 1.10 bits per heavy atom. The maximum Gasteiger partial charge on any atom is 0.490 e. The summed E-state index contributed by atoms with van der Waals surface area (Å²) in [5.41, 5.74) is 0.589. The van der Waals surface area contributed by atoms with E-state index >= 15 is 0 Å². The van der Waals surface area contributed by atoms with Gasteiger partial charge in [-0.2, -0.15) is 13.2 Å². The molecule has 0 aromatic heterocycles. The summed E-state index contributed by atoms with van der Waals surface area (Å²) in [6.45, 7) is 4.17. The first-order valence-corrected chi connectivity index (χ1v) is 14.5. The number of nitrogens with zero attached hydrogens (tertiary/aromatic N) is 1. The van der Waals surface area contributed by atoms with Crippen LogP contribution in [0.4, 0.5) is 17.6 Å². The number of carboxylic acid groups (broad SMARTS) is 1. The van der Waals surface area contributed by atoms with Gasteiger partial charge in [0.2, 0.25) is 10.0 Å². The summed E-state index contributed by atoms with van der Waals surface area (Å²) in [6.07, 6.45) is -2.51. The van der Waals surface area contributed by atoms with Crippen LogP contribution in [0.1, 0.15) is 41.7 Å². The second-order valence-corrected chi connectivity index (χ2v) is 12.0. The first kappa shape index (κ1) is 33.9. The second kappa shape index (κ2) is 14.0. The number of alkyl halides is 3. The van der Waals surface area contributed by atoms with Gasteiger partial charge in [0.25, 0.3) is 5.91 Å². The Morgan fingerprint density at radius 2 is 1.62 bits per heavy atom. The molecule has 1 aliphatic heterocycles. The van der Waals surface area contributed by atoms with Gasteiger partial charge in [-0.3, -0.25) is 9.69 Å². The minimum Gasteiger partial charge on any atom is -0.492 e. The Kier molecular flexibility index (Phi) is 11.9. The highest BCUT2D eigenvalue weighted by molar-refractivity contribution is 7.89. The summed E-state index contributed by atoms with van der Waals surface area (Å²) in [6, 6.07) is 7.78. The summed E-state index contributed by atoms with van der Waals surface area (Å²) < 4.78 is 75.9. The molecule has 1 saturated heterocycles. The second-order valence-electron chi connectivity index (χ2n) is 8.94. The van der Waals surface area contributed by atoms with Gasteiger partial charge in [0.1, 0.15) is 11.6 Å². The van der Waals surface area contributed by atoms with E-state index in [0.29, 0.717) is 16.7 Å². The lowest BCUT2D eigenvalue weighted by Crippen LogP contribution is -2.37. The van der Waals surface area contributed by atoms with Gasteiger partial charge in [-0.25, -0.2) is 22.3 Å². The number of nitrogens with one attached hydrogen (secondary N) is 1. The minimum atomic E-state index is -5.08. The van der Waals surface area contributed by atoms with Crippen molar-refractivity contribution in [3.63, 3.8) is 0 Å². The van der Waals surface area contributed by atoms with Gasteiger partial charge in [0.15, 0.2) is 0 Å². The molecule has 1 amide bonds. The van der Waals surface area contributed by atoms with E-state index < -0.39 is 39.5 Å². The average molecular weight is 652 g/mol. The van der Waals surface area contributed by atoms with Gasteiger partial charge < -0.3 is 9.84 Å². The van der Waals surface area contributed by atoms with Crippen LogP contribution in [0.25, 0.3) is 0 Å². The number of aliphatic carboxylic acids is 1. The maximum absolute atomic E-state index is 14.4. The number of likely N-dealkylation sites (tertiary alicyclic amines) is 1. The van der Waals surface area contributed by atoms with E-state index in [4.69, 9.17) is 49.4 Å². The molecule has 8 nitrogen and oxygen atoms in total. The van der Waals surface area contributed by atoms with Crippen LogP contribution in [0.15, 0.2) is 30.3 Å². The summed E-state index contributed by atoms with van der Waals surface area (Å²) in [5.74, 6) is -4.41. The zero-order valence-electron chi connectivity index (χ0n) is 21.1. The molecule has 0 saturated carbocycles. The van der Waals surface area contributed by atoms with Crippen LogP contribution in [-0.2, 0) is 14.8 Å². The van der Waals surface area contributed by atoms with Crippen molar-refractivity contribution < 1.29 is 45.4 Å². The molecule has 1 atom stereocenters. The zero-order chi connectivity index (χ0) is 30.4. The van der Waals surface area contributed by atoms with E-state index in [-0.39, 0.29) is 22.7 Å². The van der Waals surface area contributed by atoms with Crippen molar-refractivity contribution >= 4 is 56.7 Å². The van der Waals surface area contributed by atoms with E-state index in [2.05, 4.69) is 11.8 Å².